The van der Waals surface area contributed by atoms with Gasteiger partial charge < -0.3 is 15.3 Å². The maximum Gasteiger partial charge on any atom is 0.0574 e. The smallest absolute Gasteiger partial charge is 0.0574 e. The van der Waals surface area contributed by atoms with E-state index in [9.17, 15) is 5.11 Å². The molecule has 1 aromatic rings. The van der Waals surface area contributed by atoms with Crippen molar-refractivity contribution in [3.63, 3.8) is 0 Å². The number of rotatable bonds is 3. The molecule has 4 heteroatoms. The molecule has 1 aromatic carbocycles. The number of benzene rings is 1. The van der Waals surface area contributed by atoms with Gasteiger partial charge in [-0.3, -0.25) is 0 Å². The number of aliphatic hydroxyl groups excluding tert-OH is 1. The van der Waals surface area contributed by atoms with E-state index >= 15 is 0 Å². The van der Waals surface area contributed by atoms with Crippen LogP contribution in [0.4, 0.5) is 5.69 Å². The van der Waals surface area contributed by atoms with Crippen molar-refractivity contribution >= 4 is 21.6 Å². The highest BCUT2D eigenvalue weighted by Crippen LogP contribution is 2.31. The fourth-order valence-electron chi connectivity index (χ4n) is 2.32. The van der Waals surface area contributed by atoms with Crippen molar-refractivity contribution in [1.82, 2.24) is 5.32 Å². The second-order valence-corrected chi connectivity index (χ2v) is 5.79. The highest BCUT2D eigenvalue weighted by molar-refractivity contribution is 9.10. The van der Waals surface area contributed by atoms with Gasteiger partial charge >= 0.3 is 0 Å². The van der Waals surface area contributed by atoms with Gasteiger partial charge in [-0.2, -0.15) is 0 Å². The molecular formula is C14H21BrN2O. The Bertz CT molecular complexity index is 403. The van der Waals surface area contributed by atoms with E-state index in [0.29, 0.717) is 6.04 Å². The normalized spacial score (nSPS) is 19.0. The zero-order valence-electron chi connectivity index (χ0n) is 11.0. The number of hydrogen-bond donors (Lipinski definition) is 2. The number of nitrogens with one attached hydrogen (secondary N) is 1. The summed E-state index contributed by atoms with van der Waals surface area (Å²) in [5.41, 5.74) is 2.51. The van der Waals surface area contributed by atoms with Crippen LogP contribution < -0.4 is 10.2 Å². The predicted molar refractivity (Wildman–Crippen MR) is 79.1 cm³/mol. The van der Waals surface area contributed by atoms with Crippen LogP contribution in [0.1, 0.15) is 31.4 Å². The Kier molecular flexibility index (Phi) is 4.65. The van der Waals surface area contributed by atoms with Gasteiger partial charge in [0, 0.05) is 23.6 Å². The zero-order valence-corrected chi connectivity index (χ0v) is 12.6. The van der Waals surface area contributed by atoms with Crippen LogP contribution in [0.5, 0.6) is 0 Å². The first-order chi connectivity index (χ1) is 8.61. The van der Waals surface area contributed by atoms with Gasteiger partial charge in [0.15, 0.2) is 0 Å². The van der Waals surface area contributed by atoms with Gasteiger partial charge in [-0.1, -0.05) is 6.07 Å². The molecule has 1 saturated heterocycles. The number of nitrogens with zero attached hydrogens (tertiary/aromatic N) is 1. The Hall–Kier alpha value is -0.580. The van der Waals surface area contributed by atoms with E-state index in [1.807, 2.05) is 7.05 Å². The molecule has 0 bridgehead atoms. The van der Waals surface area contributed by atoms with Crippen molar-refractivity contribution < 1.29 is 5.11 Å². The third kappa shape index (κ3) is 3.05. The summed E-state index contributed by atoms with van der Waals surface area (Å²) in [7, 11) is 1.97. The molecule has 0 radical (unpaired) electrons. The van der Waals surface area contributed by atoms with Crippen molar-refractivity contribution in [3.8, 4) is 0 Å². The SMILES string of the molecule is CNC(C)c1ccc(N2CCC(O)CC2)c(Br)c1. The maximum atomic E-state index is 9.55. The van der Waals surface area contributed by atoms with Gasteiger partial charge in [0.05, 0.1) is 11.8 Å². The summed E-state index contributed by atoms with van der Waals surface area (Å²) in [6, 6.07) is 6.89. The van der Waals surface area contributed by atoms with Gasteiger partial charge in [-0.05, 0) is 60.4 Å². The summed E-state index contributed by atoms with van der Waals surface area (Å²) < 4.78 is 1.14. The zero-order chi connectivity index (χ0) is 13.1. The van der Waals surface area contributed by atoms with E-state index in [-0.39, 0.29) is 6.10 Å². The van der Waals surface area contributed by atoms with Crippen LogP contribution >= 0.6 is 15.9 Å². The molecule has 0 spiro atoms. The summed E-state index contributed by atoms with van der Waals surface area (Å²) in [6.07, 6.45) is 1.60. The van der Waals surface area contributed by atoms with E-state index in [1.165, 1.54) is 11.3 Å². The fraction of sp³-hybridized carbons (Fsp3) is 0.571. The minimum absolute atomic E-state index is 0.122. The summed E-state index contributed by atoms with van der Waals surface area (Å²) >= 11 is 3.66. The van der Waals surface area contributed by atoms with Crippen molar-refractivity contribution in [2.24, 2.45) is 0 Å². The number of halogens is 1. The number of anilines is 1. The summed E-state index contributed by atoms with van der Waals surface area (Å²) in [5.74, 6) is 0. The third-order valence-corrected chi connectivity index (χ3v) is 4.35. The van der Waals surface area contributed by atoms with Crippen LogP contribution in [0.15, 0.2) is 22.7 Å². The molecule has 0 saturated carbocycles. The average molecular weight is 313 g/mol. The van der Waals surface area contributed by atoms with Gasteiger partial charge in [0.1, 0.15) is 0 Å². The fourth-order valence-corrected chi connectivity index (χ4v) is 2.97. The predicted octanol–water partition coefficient (Wildman–Crippen LogP) is 2.69. The highest BCUT2D eigenvalue weighted by Gasteiger charge is 2.19. The lowest BCUT2D eigenvalue weighted by atomic mass is 10.1. The van der Waals surface area contributed by atoms with E-state index in [4.69, 9.17) is 0 Å². The topological polar surface area (TPSA) is 35.5 Å². The molecule has 1 aliphatic heterocycles. The minimum atomic E-state index is -0.122. The van der Waals surface area contributed by atoms with Gasteiger partial charge in [-0.15, -0.1) is 0 Å². The minimum Gasteiger partial charge on any atom is -0.393 e. The quantitative estimate of drug-likeness (QED) is 0.901. The molecule has 100 valence electrons. The monoisotopic (exact) mass is 312 g/mol. The molecule has 2 N–H and O–H groups in total. The summed E-state index contributed by atoms with van der Waals surface area (Å²) in [4.78, 5) is 2.34. The molecule has 3 nitrogen and oxygen atoms in total. The molecule has 0 amide bonds. The standard InChI is InChI=1S/C14H21BrN2O/c1-10(16-2)11-3-4-14(13(15)9-11)17-7-5-12(18)6-8-17/h3-4,9-10,12,16,18H,5-8H2,1-2H3. The highest BCUT2D eigenvalue weighted by atomic mass is 79.9. The van der Waals surface area contributed by atoms with E-state index in [1.54, 1.807) is 0 Å². The third-order valence-electron chi connectivity index (χ3n) is 3.71. The van der Waals surface area contributed by atoms with E-state index < -0.39 is 0 Å². The Morgan fingerprint density at radius 1 is 1.39 bits per heavy atom. The van der Waals surface area contributed by atoms with Crippen LogP contribution in [-0.2, 0) is 0 Å². The maximum absolute atomic E-state index is 9.55. The molecule has 1 atom stereocenters. The van der Waals surface area contributed by atoms with E-state index in [0.717, 1.165) is 30.4 Å². The molecule has 0 aromatic heterocycles. The Morgan fingerprint density at radius 3 is 2.61 bits per heavy atom. The van der Waals surface area contributed by atoms with Crippen LogP contribution in [-0.4, -0.2) is 31.3 Å². The lowest BCUT2D eigenvalue weighted by Gasteiger charge is -2.32. The Labute approximate surface area is 117 Å². The van der Waals surface area contributed by atoms with Crippen LogP contribution in [0.3, 0.4) is 0 Å². The Balaban J connectivity index is 2.14. The van der Waals surface area contributed by atoms with Crippen molar-refractivity contribution in [1.29, 1.82) is 0 Å². The summed E-state index contributed by atoms with van der Waals surface area (Å²) in [6.45, 7) is 4.01. The molecule has 1 unspecified atom stereocenters. The van der Waals surface area contributed by atoms with E-state index in [2.05, 4.69) is 51.3 Å². The first kappa shape index (κ1) is 13.8. The first-order valence-electron chi connectivity index (χ1n) is 6.51. The van der Waals surface area contributed by atoms with Crippen molar-refractivity contribution in [2.75, 3.05) is 25.0 Å². The molecule has 1 aliphatic rings. The molecule has 1 fully saturated rings. The Morgan fingerprint density at radius 2 is 2.06 bits per heavy atom. The van der Waals surface area contributed by atoms with Crippen LogP contribution in [0.25, 0.3) is 0 Å². The molecular weight excluding hydrogens is 292 g/mol. The summed E-state index contributed by atoms with van der Waals surface area (Å²) in [5, 5.41) is 12.8. The average Bonchev–Trinajstić information content (AvgIpc) is 2.39. The van der Waals surface area contributed by atoms with Crippen LogP contribution in [0.2, 0.25) is 0 Å². The van der Waals surface area contributed by atoms with Gasteiger partial charge in [0.2, 0.25) is 0 Å². The van der Waals surface area contributed by atoms with Crippen molar-refractivity contribution in [3.05, 3.63) is 28.2 Å². The number of piperidine rings is 1. The molecule has 2 rings (SSSR count). The lowest BCUT2D eigenvalue weighted by Crippen LogP contribution is -2.36. The molecule has 18 heavy (non-hydrogen) atoms. The van der Waals surface area contributed by atoms with Gasteiger partial charge in [0.25, 0.3) is 0 Å². The van der Waals surface area contributed by atoms with Crippen LogP contribution in [0, 0.1) is 0 Å². The second kappa shape index (κ2) is 6.04. The van der Waals surface area contributed by atoms with Gasteiger partial charge in [-0.25, -0.2) is 0 Å². The molecule has 1 heterocycles. The molecule has 0 aliphatic carbocycles. The first-order valence-corrected chi connectivity index (χ1v) is 7.31. The number of hydrogen-bond acceptors (Lipinski definition) is 3. The second-order valence-electron chi connectivity index (χ2n) is 4.94. The van der Waals surface area contributed by atoms with Crippen molar-refractivity contribution in [2.45, 2.75) is 31.9 Å². The number of aliphatic hydroxyl groups is 1. The largest absolute Gasteiger partial charge is 0.393 e. The lowest BCUT2D eigenvalue weighted by molar-refractivity contribution is 0.145.